The van der Waals surface area contributed by atoms with Gasteiger partial charge in [0.25, 0.3) is 0 Å². The molecule has 0 atom stereocenters. The Bertz CT molecular complexity index is 1000. The lowest BCUT2D eigenvalue weighted by Gasteiger charge is -2.14. The summed E-state index contributed by atoms with van der Waals surface area (Å²) >= 11 is 0. The number of hydrogen-bond acceptors (Lipinski definition) is 4. The van der Waals surface area contributed by atoms with E-state index in [4.69, 9.17) is 10.5 Å². The summed E-state index contributed by atoms with van der Waals surface area (Å²) in [6.07, 6.45) is 5.80. The van der Waals surface area contributed by atoms with Crippen LogP contribution in [0.3, 0.4) is 0 Å². The fourth-order valence-corrected chi connectivity index (χ4v) is 3.69. The number of anilines is 1. The molecule has 1 aliphatic rings. The largest absolute Gasteiger partial charge is 0.449 e. The third kappa shape index (κ3) is 4.14. The number of alkyl carbamates (subject to hydrolysis) is 1. The van der Waals surface area contributed by atoms with E-state index in [0.717, 1.165) is 5.56 Å². The van der Waals surface area contributed by atoms with E-state index < -0.39 is 6.09 Å². The fourth-order valence-electron chi connectivity index (χ4n) is 3.69. The number of benzene rings is 2. The molecule has 3 N–H and O–H groups in total. The van der Waals surface area contributed by atoms with Crippen LogP contribution in [0.5, 0.6) is 0 Å². The molecule has 0 radical (unpaired) electrons. The number of nitrogens with one attached hydrogen (secondary N) is 1. The Hall–Kier alpha value is -3.60. The second-order valence-corrected chi connectivity index (χ2v) is 6.92. The molecule has 0 unspecified atom stereocenters. The summed E-state index contributed by atoms with van der Waals surface area (Å²) < 4.78 is 5.52. The van der Waals surface area contributed by atoms with Gasteiger partial charge in [0.1, 0.15) is 12.4 Å². The van der Waals surface area contributed by atoms with Crippen molar-refractivity contribution in [2.24, 2.45) is 0 Å². The molecule has 5 nitrogen and oxygen atoms in total. The lowest BCUT2D eigenvalue weighted by atomic mass is 9.98. The molecular formula is C24H23N3O2. The van der Waals surface area contributed by atoms with Crippen LogP contribution in [-0.2, 0) is 4.74 Å². The Morgan fingerprint density at radius 2 is 1.72 bits per heavy atom. The second kappa shape index (κ2) is 8.61. The molecule has 0 fully saturated rings. The molecule has 5 heteroatoms. The highest BCUT2D eigenvalue weighted by Crippen LogP contribution is 2.44. The van der Waals surface area contributed by atoms with Crippen LogP contribution in [0.2, 0.25) is 0 Å². The summed E-state index contributed by atoms with van der Waals surface area (Å²) in [6, 6.07) is 20.3. The highest BCUT2D eigenvalue weighted by Gasteiger charge is 2.28. The molecule has 4 rings (SSSR count). The van der Waals surface area contributed by atoms with Crippen LogP contribution >= 0.6 is 0 Å². The highest BCUT2D eigenvalue weighted by molar-refractivity contribution is 5.79. The molecule has 0 spiro atoms. The minimum atomic E-state index is -0.402. The highest BCUT2D eigenvalue weighted by atomic mass is 16.5. The molecule has 29 heavy (non-hydrogen) atoms. The van der Waals surface area contributed by atoms with Crippen molar-refractivity contribution in [3.05, 3.63) is 89.6 Å². The number of pyridine rings is 1. The smallest absolute Gasteiger partial charge is 0.407 e. The number of carbonyl (C=O) groups is 1. The van der Waals surface area contributed by atoms with Crippen molar-refractivity contribution in [2.45, 2.75) is 12.3 Å². The van der Waals surface area contributed by atoms with Gasteiger partial charge in [0.2, 0.25) is 0 Å². The number of nitrogen functional groups attached to an aromatic ring is 1. The second-order valence-electron chi connectivity index (χ2n) is 6.92. The summed E-state index contributed by atoms with van der Waals surface area (Å²) in [6.45, 7) is 0.815. The van der Waals surface area contributed by atoms with Crippen molar-refractivity contribution in [3.8, 4) is 11.1 Å². The van der Waals surface area contributed by atoms with Crippen molar-refractivity contribution in [1.29, 1.82) is 0 Å². The van der Waals surface area contributed by atoms with E-state index in [9.17, 15) is 4.79 Å². The Morgan fingerprint density at radius 3 is 2.41 bits per heavy atom. The fraction of sp³-hybridized carbons (Fsp3) is 0.167. The summed E-state index contributed by atoms with van der Waals surface area (Å²) in [5.41, 5.74) is 11.5. The summed E-state index contributed by atoms with van der Waals surface area (Å²) in [7, 11) is 0. The maximum Gasteiger partial charge on any atom is 0.407 e. The normalized spacial score (nSPS) is 12.6. The molecule has 0 saturated carbocycles. The quantitative estimate of drug-likeness (QED) is 0.608. The molecule has 0 bridgehead atoms. The van der Waals surface area contributed by atoms with Crippen molar-refractivity contribution >= 4 is 18.0 Å². The molecule has 0 saturated heterocycles. The van der Waals surface area contributed by atoms with Crippen molar-refractivity contribution in [1.82, 2.24) is 10.3 Å². The lowest BCUT2D eigenvalue weighted by molar-refractivity contribution is 0.143. The van der Waals surface area contributed by atoms with Gasteiger partial charge in [-0.2, -0.15) is 0 Å². The predicted molar refractivity (Wildman–Crippen MR) is 115 cm³/mol. The van der Waals surface area contributed by atoms with Gasteiger partial charge in [-0.3, -0.25) is 0 Å². The minimum Gasteiger partial charge on any atom is -0.449 e. The number of nitrogens with two attached hydrogens (primary N) is 1. The molecule has 1 aromatic heterocycles. The molecule has 1 aliphatic carbocycles. The first-order valence-corrected chi connectivity index (χ1v) is 9.70. The van der Waals surface area contributed by atoms with Crippen molar-refractivity contribution < 1.29 is 9.53 Å². The maximum absolute atomic E-state index is 12.1. The Balaban J connectivity index is 1.29. The average molecular weight is 385 g/mol. The lowest BCUT2D eigenvalue weighted by Crippen LogP contribution is -2.26. The third-order valence-corrected chi connectivity index (χ3v) is 5.09. The van der Waals surface area contributed by atoms with Crippen LogP contribution in [0.15, 0.2) is 72.9 Å². The van der Waals surface area contributed by atoms with E-state index in [1.807, 2.05) is 48.6 Å². The first-order valence-electron chi connectivity index (χ1n) is 9.70. The number of fused-ring (bicyclic) bond motifs is 3. The number of hydrogen-bond donors (Lipinski definition) is 2. The van der Waals surface area contributed by atoms with Gasteiger partial charge in [0, 0.05) is 24.2 Å². The Labute approximate surface area is 170 Å². The molecular weight excluding hydrogens is 362 g/mol. The van der Waals surface area contributed by atoms with E-state index in [1.165, 1.54) is 22.3 Å². The van der Waals surface area contributed by atoms with Crippen LogP contribution in [-0.4, -0.2) is 24.2 Å². The SMILES string of the molecule is Nc1ncccc1C=CCCNC(=O)OCC1c2ccccc2-c2ccccc21. The topological polar surface area (TPSA) is 77.2 Å². The number of aromatic nitrogens is 1. The maximum atomic E-state index is 12.1. The van der Waals surface area contributed by atoms with Crippen LogP contribution in [0, 0.1) is 0 Å². The van der Waals surface area contributed by atoms with E-state index in [1.54, 1.807) is 6.20 Å². The van der Waals surface area contributed by atoms with E-state index >= 15 is 0 Å². The standard InChI is InChI=1S/C24H23N3O2/c25-23-17(9-7-15-26-23)8-5-6-14-27-24(28)29-16-22-20-12-3-1-10-18(20)19-11-2-4-13-21(19)22/h1-5,7-13,15,22H,6,14,16H2,(H2,25,26)(H,27,28). The average Bonchev–Trinajstić information content (AvgIpc) is 3.07. The molecule has 1 amide bonds. The number of carbonyl (C=O) groups excluding carboxylic acids is 1. The molecule has 2 aromatic carbocycles. The summed E-state index contributed by atoms with van der Waals surface area (Å²) in [5.74, 6) is 0.565. The zero-order chi connectivity index (χ0) is 20.1. The first kappa shape index (κ1) is 18.7. The molecule has 3 aromatic rings. The Kier molecular flexibility index (Phi) is 5.56. The zero-order valence-corrected chi connectivity index (χ0v) is 16.0. The number of amides is 1. The van der Waals surface area contributed by atoms with E-state index in [0.29, 0.717) is 25.4 Å². The van der Waals surface area contributed by atoms with Crippen LogP contribution in [0.4, 0.5) is 10.6 Å². The molecule has 1 heterocycles. The van der Waals surface area contributed by atoms with Crippen LogP contribution in [0.25, 0.3) is 17.2 Å². The number of nitrogens with zero attached hydrogens (tertiary/aromatic N) is 1. The number of ether oxygens (including phenoxy) is 1. The van der Waals surface area contributed by atoms with Crippen molar-refractivity contribution in [3.63, 3.8) is 0 Å². The first-order chi connectivity index (χ1) is 14.2. The van der Waals surface area contributed by atoms with Gasteiger partial charge in [-0.05, 0) is 40.8 Å². The number of rotatable bonds is 6. The van der Waals surface area contributed by atoms with Gasteiger partial charge < -0.3 is 15.8 Å². The molecule has 0 aliphatic heterocycles. The zero-order valence-electron chi connectivity index (χ0n) is 16.0. The summed E-state index contributed by atoms with van der Waals surface area (Å²) in [5, 5.41) is 2.80. The van der Waals surface area contributed by atoms with E-state index in [2.05, 4.69) is 34.6 Å². The van der Waals surface area contributed by atoms with Crippen LogP contribution < -0.4 is 11.1 Å². The Morgan fingerprint density at radius 1 is 1.03 bits per heavy atom. The van der Waals surface area contributed by atoms with Gasteiger partial charge in [-0.25, -0.2) is 9.78 Å². The van der Waals surface area contributed by atoms with Gasteiger partial charge >= 0.3 is 6.09 Å². The van der Waals surface area contributed by atoms with Gasteiger partial charge in [0.15, 0.2) is 0 Å². The minimum absolute atomic E-state index is 0.0709. The van der Waals surface area contributed by atoms with Crippen LogP contribution in [0.1, 0.15) is 29.0 Å². The molecule has 146 valence electrons. The van der Waals surface area contributed by atoms with Crippen molar-refractivity contribution in [2.75, 3.05) is 18.9 Å². The van der Waals surface area contributed by atoms with Gasteiger partial charge in [-0.15, -0.1) is 0 Å². The van der Waals surface area contributed by atoms with Gasteiger partial charge in [-0.1, -0.05) is 60.7 Å². The summed E-state index contributed by atoms with van der Waals surface area (Å²) in [4.78, 5) is 16.2. The third-order valence-electron chi connectivity index (χ3n) is 5.09. The predicted octanol–water partition coefficient (Wildman–Crippen LogP) is 4.61. The van der Waals surface area contributed by atoms with E-state index in [-0.39, 0.29) is 5.92 Å². The van der Waals surface area contributed by atoms with Gasteiger partial charge in [0.05, 0.1) is 0 Å². The monoisotopic (exact) mass is 385 g/mol.